The molecular formula is C10H13N3O. The molecule has 0 aromatic carbocycles. The lowest BCUT2D eigenvalue weighted by Gasteiger charge is -1.92. The number of nitrogens with zero attached hydrogens (tertiary/aromatic N) is 2. The van der Waals surface area contributed by atoms with E-state index in [1.54, 1.807) is 12.4 Å². The smallest absolute Gasteiger partial charge is 0.197 e. The van der Waals surface area contributed by atoms with E-state index in [4.69, 9.17) is 0 Å². The molecular weight excluding hydrogens is 178 g/mol. The molecule has 0 saturated heterocycles. The number of Topliss-reactive ketones (excluding diaryl/α,β-unsaturated/α-hetero) is 1. The van der Waals surface area contributed by atoms with Crippen molar-refractivity contribution < 1.29 is 4.79 Å². The van der Waals surface area contributed by atoms with Crippen molar-refractivity contribution in [1.29, 1.82) is 0 Å². The van der Waals surface area contributed by atoms with Crippen LogP contribution in [-0.2, 0) is 0 Å². The zero-order valence-corrected chi connectivity index (χ0v) is 8.53. The fourth-order valence-corrected chi connectivity index (χ4v) is 1.01. The standard InChI is InChI=1S/C8H7N3O.C2H6/c1-5(12)7-10-4-6-2-3-9-8(6)11-7;1-2/h2-4H,1H3,(H,9,10,11);1-2H3. The van der Waals surface area contributed by atoms with Gasteiger partial charge in [-0.15, -0.1) is 0 Å². The lowest BCUT2D eigenvalue weighted by atomic mass is 10.4. The number of nitrogens with one attached hydrogen (secondary N) is 1. The maximum Gasteiger partial charge on any atom is 0.197 e. The van der Waals surface area contributed by atoms with Gasteiger partial charge in [0.05, 0.1) is 0 Å². The highest BCUT2D eigenvalue weighted by Gasteiger charge is 2.03. The van der Waals surface area contributed by atoms with Crippen LogP contribution in [-0.4, -0.2) is 20.7 Å². The summed E-state index contributed by atoms with van der Waals surface area (Å²) in [5.74, 6) is 0.136. The minimum absolute atomic E-state index is 0.119. The van der Waals surface area contributed by atoms with E-state index in [0.717, 1.165) is 5.39 Å². The molecule has 0 aliphatic heterocycles. The minimum atomic E-state index is -0.119. The SMILES string of the molecule is CC.CC(=O)c1ncc2cc[nH]c2n1. The topological polar surface area (TPSA) is 58.6 Å². The number of hydrogen-bond acceptors (Lipinski definition) is 3. The zero-order chi connectivity index (χ0) is 10.6. The molecule has 0 aliphatic carbocycles. The summed E-state index contributed by atoms with van der Waals surface area (Å²) in [4.78, 5) is 21.7. The van der Waals surface area contributed by atoms with E-state index >= 15 is 0 Å². The van der Waals surface area contributed by atoms with Gasteiger partial charge >= 0.3 is 0 Å². The summed E-state index contributed by atoms with van der Waals surface area (Å²) >= 11 is 0. The zero-order valence-electron chi connectivity index (χ0n) is 8.53. The van der Waals surface area contributed by atoms with Gasteiger partial charge in [-0.2, -0.15) is 0 Å². The van der Waals surface area contributed by atoms with Crippen molar-refractivity contribution in [2.24, 2.45) is 0 Å². The van der Waals surface area contributed by atoms with Crippen LogP contribution in [0.5, 0.6) is 0 Å². The van der Waals surface area contributed by atoms with Crippen molar-refractivity contribution >= 4 is 16.8 Å². The van der Waals surface area contributed by atoms with Crippen LogP contribution in [0.15, 0.2) is 18.5 Å². The molecule has 2 rings (SSSR count). The van der Waals surface area contributed by atoms with Crippen LogP contribution < -0.4 is 0 Å². The number of fused-ring (bicyclic) bond motifs is 1. The summed E-state index contributed by atoms with van der Waals surface area (Å²) in [6, 6.07) is 1.86. The van der Waals surface area contributed by atoms with Crippen molar-refractivity contribution in [2.75, 3.05) is 0 Å². The van der Waals surface area contributed by atoms with E-state index in [-0.39, 0.29) is 11.6 Å². The van der Waals surface area contributed by atoms with Gasteiger partial charge in [-0.1, -0.05) is 13.8 Å². The number of aromatic nitrogens is 3. The van der Waals surface area contributed by atoms with Gasteiger partial charge in [0.1, 0.15) is 5.65 Å². The van der Waals surface area contributed by atoms with E-state index in [1.165, 1.54) is 6.92 Å². The fourth-order valence-electron chi connectivity index (χ4n) is 1.01. The predicted molar refractivity (Wildman–Crippen MR) is 55.2 cm³/mol. The number of ketones is 1. The van der Waals surface area contributed by atoms with Gasteiger partial charge in [0, 0.05) is 24.7 Å². The third kappa shape index (κ3) is 1.96. The first-order chi connectivity index (χ1) is 6.77. The maximum absolute atomic E-state index is 10.9. The Morgan fingerprint density at radius 3 is 2.79 bits per heavy atom. The van der Waals surface area contributed by atoms with Crippen LogP contribution in [0.25, 0.3) is 11.0 Å². The molecule has 0 aliphatic rings. The Labute approximate surface area is 82.4 Å². The lowest BCUT2D eigenvalue weighted by Crippen LogP contribution is -1.99. The Balaban J connectivity index is 0.000000461. The number of H-pyrrole nitrogens is 1. The van der Waals surface area contributed by atoms with Crippen molar-refractivity contribution in [3.8, 4) is 0 Å². The van der Waals surface area contributed by atoms with Crippen LogP contribution >= 0.6 is 0 Å². The first kappa shape index (κ1) is 10.4. The van der Waals surface area contributed by atoms with Crippen LogP contribution in [0, 0.1) is 0 Å². The third-order valence-electron chi connectivity index (χ3n) is 1.61. The summed E-state index contributed by atoms with van der Waals surface area (Å²) in [7, 11) is 0. The Morgan fingerprint density at radius 2 is 2.14 bits per heavy atom. The van der Waals surface area contributed by atoms with Crippen molar-refractivity contribution in [1.82, 2.24) is 15.0 Å². The average Bonchev–Trinajstić information content (AvgIpc) is 2.67. The summed E-state index contributed by atoms with van der Waals surface area (Å²) in [6.07, 6.45) is 3.40. The Hall–Kier alpha value is -1.71. The van der Waals surface area contributed by atoms with Gasteiger partial charge < -0.3 is 4.98 Å². The van der Waals surface area contributed by atoms with E-state index in [1.807, 2.05) is 19.9 Å². The van der Waals surface area contributed by atoms with E-state index < -0.39 is 0 Å². The van der Waals surface area contributed by atoms with Crippen LogP contribution in [0.2, 0.25) is 0 Å². The molecule has 4 nitrogen and oxygen atoms in total. The van der Waals surface area contributed by atoms with E-state index in [9.17, 15) is 4.79 Å². The fraction of sp³-hybridized carbons (Fsp3) is 0.300. The van der Waals surface area contributed by atoms with Gasteiger partial charge in [0.2, 0.25) is 0 Å². The Kier molecular flexibility index (Phi) is 3.34. The first-order valence-corrected chi connectivity index (χ1v) is 4.58. The lowest BCUT2D eigenvalue weighted by molar-refractivity contribution is 0.100. The molecule has 0 atom stereocenters. The van der Waals surface area contributed by atoms with E-state index in [2.05, 4.69) is 15.0 Å². The van der Waals surface area contributed by atoms with Gasteiger partial charge in [-0.25, -0.2) is 9.97 Å². The molecule has 14 heavy (non-hydrogen) atoms. The van der Waals surface area contributed by atoms with Gasteiger partial charge in [0.25, 0.3) is 0 Å². The summed E-state index contributed by atoms with van der Waals surface area (Å²) in [5, 5.41) is 0.917. The minimum Gasteiger partial charge on any atom is -0.346 e. The van der Waals surface area contributed by atoms with Gasteiger partial charge in [0.15, 0.2) is 11.6 Å². The summed E-state index contributed by atoms with van der Waals surface area (Å²) in [6.45, 7) is 5.45. The van der Waals surface area contributed by atoms with Crippen LogP contribution in [0.1, 0.15) is 31.4 Å². The molecule has 0 amide bonds. The van der Waals surface area contributed by atoms with E-state index in [0.29, 0.717) is 5.65 Å². The molecule has 0 saturated carbocycles. The molecule has 2 aromatic rings. The molecule has 0 radical (unpaired) electrons. The molecule has 0 unspecified atom stereocenters. The predicted octanol–water partition coefficient (Wildman–Crippen LogP) is 2.19. The second-order valence-electron chi connectivity index (χ2n) is 2.53. The molecule has 74 valence electrons. The van der Waals surface area contributed by atoms with Crippen molar-refractivity contribution in [2.45, 2.75) is 20.8 Å². The summed E-state index contributed by atoms with van der Waals surface area (Å²) in [5.41, 5.74) is 0.704. The van der Waals surface area contributed by atoms with Crippen molar-refractivity contribution in [3.63, 3.8) is 0 Å². The second kappa shape index (κ2) is 4.50. The number of rotatable bonds is 1. The summed E-state index contributed by atoms with van der Waals surface area (Å²) < 4.78 is 0. The molecule has 1 N–H and O–H groups in total. The maximum atomic E-state index is 10.9. The number of carbonyl (C=O) groups is 1. The molecule has 0 bridgehead atoms. The Bertz CT molecular complexity index is 434. The average molecular weight is 191 g/mol. The third-order valence-corrected chi connectivity index (χ3v) is 1.61. The van der Waals surface area contributed by atoms with Crippen LogP contribution in [0.4, 0.5) is 0 Å². The second-order valence-corrected chi connectivity index (χ2v) is 2.53. The molecule has 4 heteroatoms. The molecule has 2 heterocycles. The molecule has 2 aromatic heterocycles. The number of hydrogen-bond donors (Lipinski definition) is 1. The molecule has 0 spiro atoms. The molecule has 0 fully saturated rings. The van der Waals surface area contributed by atoms with Gasteiger partial charge in [-0.05, 0) is 6.07 Å². The highest BCUT2D eigenvalue weighted by molar-refractivity contribution is 5.91. The van der Waals surface area contributed by atoms with Crippen LogP contribution in [0.3, 0.4) is 0 Å². The van der Waals surface area contributed by atoms with Gasteiger partial charge in [-0.3, -0.25) is 4.79 Å². The normalized spacial score (nSPS) is 9.36. The highest BCUT2D eigenvalue weighted by Crippen LogP contribution is 2.07. The number of aromatic amines is 1. The Morgan fingerprint density at radius 1 is 1.43 bits per heavy atom. The monoisotopic (exact) mass is 191 g/mol. The largest absolute Gasteiger partial charge is 0.346 e. The number of carbonyl (C=O) groups excluding carboxylic acids is 1. The van der Waals surface area contributed by atoms with Crippen molar-refractivity contribution in [3.05, 3.63) is 24.3 Å². The first-order valence-electron chi connectivity index (χ1n) is 4.58. The quantitative estimate of drug-likeness (QED) is 0.703. The highest BCUT2D eigenvalue weighted by atomic mass is 16.1.